The fourth-order valence-electron chi connectivity index (χ4n) is 4.76. The van der Waals surface area contributed by atoms with Gasteiger partial charge in [-0.2, -0.15) is 0 Å². The fourth-order valence-corrected chi connectivity index (χ4v) is 4.76. The third-order valence-corrected chi connectivity index (χ3v) is 6.99. The van der Waals surface area contributed by atoms with Crippen LogP contribution in [0.4, 0.5) is 4.39 Å². The van der Waals surface area contributed by atoms with Crippen molar-refractivity contribution in [3.8, 4) is 0 Å². The lowest BCUT2D eigenvalue weighted by Crippen LogP contribution is -1.85. The van der Waals surface area contributed by atoms with E-state index in [1.807, 2.05) is 0 Å². The Morgan fingerprint density at radius 2 is 0.419 bits per heavy atom. The minimum atomic E-state index is -0.126. The molecule has 0 aliphatic rings. The molecular formula is C30H61F. The average molecular weight is 441 g/mol. The van der Waals surface area contributed by atoms with Gasteiger partial charge < -0.3 is 0 Å². The minimum Gasteiger partial charge on any atom is -0.251 e. The number of unbranched alkanes of at least 4 members (excludes halogenated alkanes) is 27. The monoisotopic (exact) mass is 440 g/mol. The molecule has 0 unspecified atom stereocenters. The molecule has 0 heterocycles. The van der Waals surface area contributed by atoms with Crippen LogP contribution >= 0.6 is 0 Å². The summed E-state index contributed by atoms with van der Waals surface area (Å²) in [6.45, 7) is 2.17. The highest BCUT2D eigenvalue weighted by Crippen LogP contribution is 2.16. The molecule has 1 heteroatoms. The van der Waals surface area contributed by atoms with Crippen molar-refractivity contribution in [3.05, 3.63) is 0 Å². The van der Waals surface area contributed by atoms with Crippen molar-refractivity contribution in [2.75, 3.05) is 6.67 Å². The molecule has 0 N–H and O–H groups in total. The molecule has 0 bridgehead atoms. The van der Waals surface area contributed by atoms with Gasteiger partial charge in [0.1, 0.15) is 0 Å². The van der Waals surface area contributed by atoms with Crippen LogP contribution in [0, 0.1) is 0 Å². The van der Waals surface area contributed by atoms with Crippen LogP contribution < -0.4 is 0 Å². The average Bonchev–Trinajstić information content (AvgIpc) is 2.78. The highest BCUT2D eigenvalue weighted by molar-refractivity contribution is 4.52. The van der Waals surface area contributed by atoms with Crippen LogP contribution in [0.15, 0.2) is 0 Å². The molecule has 0 aliphatic heterocycles. The molecule has 0 fully saturated rings. The van der Waals surface area contributed by atoms with Crippen molar-refractivity contribution in [3.63, 3.8) is 0 Å². The second-order valence-corrected chi connectivity index (χ2v) is 10.2. The zero-order valence-electron chi connectivity index (χ0n) is 21.9. The molecule has 188 valence electrons. The van der Waals surface area contributed by atoms with Crippen LogP contribution in [0.25, 0.3) is 0 Å². The van der Waals surface area contributed by atoms with E-state index in [9.17, 15) is 4.39 Å². The molecule has 31 heavy (non-hydrogen) atoms. The van der Waals surface area contributed by atoms with Gasteiger partial charge in [-0.1, -0.05) is 180 Å². The van der Waals surface area contributed by atoms with Gasteiger partial charge >= 0.3 is 0 Å². The first kappa shape index (κ1) is 30.9. The Morgan fingerprint density at radius 1 is 0.258 bits per heavy atom. The first-order valence-corrected chi connectivity index (χ1v) is 15.0. The van der Waals surface area contributed by atoms with Crippen LogP contribution in [0.3, 0.4) is 0 Å². The van der Waals surface area contributed by atoms with Gasteiger partial charge in [0.05, 0.1) is 6.67 Å². The van der Waals surface area contributed by atoms with Crippen molar-refractivity contribution in [1.82, 2.24) is 0 Å². The van der Waals surface area contributed by atoms with Gasteiger partial charge in [0.25, 0.3) is 0 Å². The predicted molar refractivity (Wildman–Crippen MR) is 141 cm³/mol. The van der Waals surface area contributed by atoms with Crippen LogP contribution in [0.2, 0.25) is 0 Å². The van der Waals surface area contributed by atoms with Crippen LogP contribution in [0.5, 0.6) is 0 Å². The van der Waals surface area contributed by atoms with Crippen LogP contribution in [-0.4, -0.2) is 6.67 Å². The summed E-state index contributed by atoms with van der Waals surface area (Å²) in [5.74, 6) is 0. The summed E-state index contributed by atoms with van der Waals surface area (Å²) in [5.41, 5.74) is 0. The Labute approximate surface area is 197 Å². The third-order valence-electron chi connectivity index (χ3n) is 6.99. The molecule has 0 saturated heterocycles. The molecule has 0 aliphatic carbocycles. The molecule has 0 spiro atoms. The summed E-state index contributed by atoms with van der Waals surface area (Å²) in [7, 11) is 0. The molecule has 0 saturated carbocycles. The van der Waals surface area contributed by atoms with E-state index in [4.69, 9.17) is 0 Å². The Bertz CT molecular complexity index is 260. The SMILES string of the molecule is CCCCCCCCCCCCCCCCCCCCCCCCCCCCCCF. The highest BCUT2D eigenvalue weighted by atomic mass is 19.1. The summed E-state index contributed by atoms with van der Waals surface area (Å²) in [4.78, 5) is 0. The van der Waals surface area contributed by atoms with Gasteiger partial charge in [-0.25, -0.2) is 0 Å². The molecular weight excluding hydrogens is 379 g/mol. The zero-order chi connectivity index (χ0) is 22.5. The molecule has 0 nitrogen and oxygen atoms in total. The number of alkyl halides is 1. The molecule has 0 rings (SSSR count). The Morgan fingerprint density at radius 3 is 0.581 bits per heavy atom. The van der Waals surface area contributed by atoms with Gasteiger partial charge in [-0.05, 0) is 6.42 Å². The van der Waals surface area contributed by atoms with E-state index in [1.165, 1.54) is 167 Å². The maximum Gasteiger partial charge on any atom is 0.0894 e. The predicted octanol–water partition coefficient (Wildman–Crippen LogP) is 11.9. The second-order valence-electron chi connectivity index (χ2n) is 10.2. The van der Waals surface area contributed by atoms with Gasteiger partial charge in [-0.15, -0.1) is 0 Å². The Balaban J connectivity index is 2.98. The number of hydrogen-bond acceptors (Lipinski definition) is 0. The molecule has 0 amide bonds. The van der Waals surface area contributed by atoms with Gasteiger partial charge in [0, 0.05) is 0 Å². The van der Waals surface area contributed by atoms with Gasteiger partial charge in [0.15, 0.2) is 0 Å². The normalized spacial score (nSPS) is 11.4. The fraction of sp³-hybridized carbons (Fsp3) is 1.00. The first-order chi connectivity index (χ1) is 15.4. The maximum absolute atomic E-state index is 12.0. The van der Waals surface area contributed by atoms with E-state index in [1.54, 1.807) is 0 Å². The van der Waals surface area contributed by atoms with E-state index >= 15 is 0 Å². The van der Waals surface area contributed by atoms with E-state index in [2.05, 4.69) is 6.92 Å². The first-order valence-electron chi connectivity index (χ1n) is 15.0. The summed E-state index contributed by atoms with van der Waals surface area (Å²) < 4.78 is 12.0. The topological polar surface area (TPSA) is 0 Å². The third kappa shape index (κ3) is 29.9. The lowest BCUT2D eigenvalue weighted by atomic mass is 10.0. The quantitative estimate of drug-likeness (QED) is 0.106. The van der Waals surface area contributed by atoms with Crippen molar-refractivity contribution in [2.24, 2.45) is 0 Å². The summed E-state index contributed by atoms with van der Waals surface area (Å²) in [5, 5.41) is 0. The highest BCUT2D eigenvalue weighted by Gasteiger charge is 1.96. The molecule has 0 aromatic carbocycles. The van der Waals surface area contributed by atoms with Crippen molar-refractivity contribution >= 4 is 0 Å². The van der Waals surface area contributed by atoms with Gasteiger partial charge in [-0.3, -0.25) is 4.39 Å². The van der Waals surface area contributed by atoms with E-state index in [0.29, 0.717) is 0 Å². The second kappa shape index (κ2) is 29.9. The van der Waals surface area contributed by atoms with E-state index in [-0.39, 0.29) is 6.67 Å². The summed E-state index contributed by atoms with van der Waals surface area (Å²) in [6.07, 6.45) is 39.3. The minimum absolute atomic E-state index is 0.126. The van der Waals surface area contributed by atoms with E-state index in [0.717, 1.165) is 12.8 Å². The standard InChI is InChI=1S/C30H61F/c1-2-3-4-5-6-7-8-9-10-11-12-13-14-15-16-17-18-19-20-21-22-23-24-25-26-27-28-29-30-31/h2-30H2,1H3. The Kier molecular flexibility index (Phi) is 29.9. The smallest absolute Gasteiger partial charge is 0.0894 e. The summed E-state index contributed by atoms with van der Waals surface area (Å²) in [6, 6.07) is 0. The van der Waals surface area contributed by atoms with Gasteiger partial charge in [0.2, 0.25) is 0 Å². The van der Waals surface area contributed by atoms with Crippen LogP contribution in [0.1, 0.15) is 187 Å². The van der Waals surface area contributed by atoms with Crippen molar-refractivity contribution < 1.29 is 4.39 Å². The molecule has 0 aromatic rings. The molecule has 0 aromatic heterocycles. The number of hydrogen-bond donors (Lipinski definition) is 0. The molecule has 0 radical (unpaired) electrons. The van der Waals surface area contributed by atoms with Crippen molar-refractivity contribution in [2.45, 2.75) is 187 Å². The summed E-state index contributed by atoms with van der Waals surface area (Å²) >= 11 is 0. The van der Waals surface area contributed by atoms with Crippen molar-refractivity contribution in [1.29, 1.82) is 0 Å². The molecule has 0 atom stereocenters. The van der Waals surface area contributed by atoms with E-state index < -0.39 is 0 Å². The van der Waals surface area contributed by atoms with Crippen LogP contribution in [-0.2, 0) is 0 Å². The maximum atomic E-state index is 12.0. The number of halogens is 1. The lowest BCUT2D eigenvalue weighted by molar-refractivity contribution is 0.448. The Hall–Kier alpha value is -0.0700. The lowest BCUT2D eigenvalue weighted by Gasteiger charge is -2.04. The largest absolute Gasteiger partial charge is 0.251 e. The number of rotatable bonds is 28. The zero-order valence-corrected chi connectivity index (χ0v) is 21.9.